The van der Waals surface area contributed by atoms with Crippen molar-refractivity contribution in [1.82, 2.24) is 14.5 Å². The van der Waals surface area contributed by atoms with Crippen LogP contribution in [0.2, 0.25) is 0 Å². The number of pyridine rings is 1. The second-order valence-electron chi connectivity index (χ2n) is 8.31. The van der Waals surface area contributed by atoms with Gasteiger partial charge < -0.3 is 9.66 Å². The zero-order valence-corrected chi connectivity index (χ0v) is 19.5. The third-order valence-electron chi connectivity index (χ3n) is 5.29. The van der Waals surface area contributed by atoms with Crippen molar-refractivity contribution < 1.29 is 22.8 Å². The molecule has 1 N–H and O–H groups in total. The lowest BCUT2D eigenvalue weighted by atomic mass is 10.1. The first-order valence-electron chi connectivity index (χ1n) is 10.3. The highest BCUT2D eigenvalue weighted by atomic mass is 32.2. The topological polar surface area (TPSA) is 74.0 Å². The van der Waals surface area contributed by atoms with Crippen LogP contribution in [0.25, 0.3) is 28.3 Å². The highest BCUT2D eigenvalue weighted by molar-refractivity contribution is 7.90. The lowest BCUT2D eigenvalue weighted by molar-refractivity contribution is -0.137. The van der Waals surface area contributed by atoms with Gasteiger partial charge in [0.15, 0.2) is 4.90 Å². The molecule has 0 aliphatic rings. The van der Waals surface area contributed by atoms with Crippen LogP contribution in [0.1, 0.15) is 25.1 Å². The molecule has 4 aromatic rings. The van der Waals surface area contributed by atoms with Crippen molar-refractivity contribution in [2.45, 2.75) is 30.5 Å². The average molecular weight is 486 g/mol. The van der Waals surface area contributed by atoms with Gasteiger partial charge in [-0.05, 0) is 49.3 Å². The van der Waals surface area contributed by atoms with Gasteiger partial charge in [-0.3, -0.25) is 9.55 Å². The molecular weight excluding hydrogens is 463 g/mol. The molecule has 0 bridgehead atoms. The Balaban J connectivity index is 1.83. The van der Waals surface area contributed by atoms with Crippen molar-refractivity contribution in [3.63, 3.8) is 0 Å². The minimum Gasteiger partial charge on any atom is -0.612 e. The molecule has 2 aromatic carbocycles. The van der Waals surface area contributed by atoms with Crippen LogP contribution in [0.4, 0.5) is 13.2 Å². The van der Waals surface area contributed by atoms with Crippen LogP contribution in [0.15, 0.2) is 78.0 Å². The molecule has 0 saturated carbocycles. The van der Waals surface area contributed by atoms with Crippen molar-refractivity contribution in [1.29, 1.82) is 0 Å². The molecule has 0 radical (unpaired) electrons. The van der Waals surface area contributed by atoms with Crippen LogP contribution >= 0.6 is 0 Å². The number of hydrogen-bond acceptors (Lipinski definition) is 4. The van der Waals surface area contributed by atoms with E-state index in [1.165, 1.54) is 49.0 Å². The molecule has 2 aromatic heterocycles. The van der Waals surface area contributed by atoms with Crippen LogP contribution in [0.3, 0.4) is 0 Å². The first kappa shape index (κ1) is 24.0. The van der Waals surface area contributed by atoms with E-state index in [1.807, 2.05) is 6.07 Å². The third kappa shape index (κ3) is 4.86. The third-order valence-corrected chi connectivity index (χ3v) is 6.21. The Hall–Kier alpha value is -3.14. The van der Waals surface area contributed by atoms with E-state index >= 15 is 0 Å². The lowest BCUT2D eigenvalue weighted by Gasteiger charge is -2.14. The number of aliphatic hydroxyl groups is 1. The maximum Gasteiger partial charge on any atom is 0.417 e. The molecule has 34 heavy (non-hydrogen) atoms. The molecule has 0 aliphatic carbocycles. The number of alkyl halides is 3. The van der Waals surface area contributed by atoms with Gasteiger partial charge in [0.2, 0.25) is 0 Å². The molecule has 0 amide bonds. The van der Waals surface area contributed by atoms with E-state index in [0.717, 1.165) is 11.6 Å². The van der Waals surface area contributed by atoms with Gasteiger partial charge in [-0.25, -0.2) is 4.98 Å². The van der Waals surface area contributed by atoms with Gasteiger partial charge in [0.25, 0.3) is 0 Å². The summed E-state index contributed by atoms with van der Waals surface area (Å²) < 4.78 is 54.4. The standard InChI is InChI=1S/C25H22F3N3O2S/c1-24(2,32)22-15-31(23(30-22)19-9-4-5-10-20(19)25(26,27)28)17-11-12-21(29-14-17)16-7-6-8-18(13-16)34(3)33/h4-15,32H,1-3H3. The fourth-order valence-corrected chi connectivity index (χ4v) is 4.08. The zero-order valence-electron chi connectivity index (χ0n) is 18.7. The van der Waals surface area contributed by atoms with E-state index in [2.05, 4.69) is 9.97 Å². The summed E-state index contributed by atoms with van der Waals surface area (Å²) in [7, 11) is 0. The minimum atomic E-state index is -4.57. The van der Waals surface area contributed by atoms with Crippen LogP contribution in [-0.4, -0.2) is 30.5 Å². The summed E-state index contributed by atoms with van der Waals surface area (Å²) in [5.41, 5.74) is -0.196. The first-order chi connectivity index (χ1) is 15.9. The van der Waals surface area contributed by atoms with Crippen molar-refractivity contribution in [3.05, 3.63) is 84.3 Å². The Labute approximate surface area is 198 Å². The maximum atomic E-state index is 13.7. The minimum absolute atomic E-state index is 0.0444. The van der Waals surface area contributed by atoms with Crippen LogP contribution < -0.4 is 0 Å². The molecule has 9 heteroatoms. The van der Waals surface area contributed by atoms with Crippen LogP contribution in [0, 0.1) is 0 Å². The van der Waals surface area contributed by atoms with Crippen molar-refractivity contribution >= 4 is 11.2 Å². The fourth-order valence-electron chi connectivity index (χ4n) is 3.52. The summed E-state index contributed by atoms with van der Waals surface area (Å²) >= 11 is -1.14. The molecule has 5 nitrogen and oxygen atoms in total. The monoisotopic (exact) mass is 485 g/mol. The van der Waals surface area contributed by atoms with Gasteiger partial charge in [-0.1, -0.05) is 30.3 Å². The highest BCUT2D eigenvalue weighted by Gasteiger charge is 2.35. The number of aromatic nitrogens is 3. The average Bonchev–Trinajstić information content (AvgIpc) is 3.25. The summed E-state index contributed by atoms with van der Waals surface area (Å²) in [6.07, 6.45) is 0.0600. The van der Waals surface area contributed by atoms with E-state index in [4.69, 9.17) is 0 Å². The molecular formula is C25H22F3N3O2S. The van der Waals surface area contributed by atoms with Crippen molar-refractivity contribution in [2.75, 3.05) is 6.26 Å². The number of benzene rings is 2. The number of rotatable bonds is 5. The summed E-state index contributed by atoms with van der Waals surface area (Å²) in [5, 5.41) is 10.5. The number of nitrogens with zero attached hydrogens (tertiary/aromatic N) is 3. The number of halogens is 3. The zero-order chi connectivity index (χ0) is 24.7. The summed E-state index contributed by atoms with van der Waals surface area (Å²) in [6, 6.07) is 15.8. The second-order valence-corrected chi connectivity index (χ2v) is 9.69. The molecule has 1 atom stereocenters. The maximum absolute atomic E-state index is 13.7. The van der Waals surface area contributed by atoms with Gasteiger partial charge in [0.05, 0.1) is 28.8 Å². The summed E-state index contributed by atoms with van der Waals surface area (Å²) in [4.78, 5) is 9.50. The van der Waals surface area contributed by atoms with Gasteiger partial charge in [0.1, 0.15) is 17.7 Å². The van der Waals surface area contributed by atoms with E-state index in [1.54, 1.807) is 36.6 Å². The molecule has 0 aliphatic heterocycles. The van der Waals surface area contributed by atoms with E-state index in [0.29, 0.717) is 16.3 Å². The van der Waals surface area contributed by atoms with Crippen molar-refractivity contribution in [3.8, 4) is 28.3 Å². The largest absolute Gasteiger partial charge is 0.612 e. The van der Waals surface area contributed by atoms with E-state index in [9.17, 15) is 22.8 Å². The van der Waals surface area contributed by atoms with Gasteiger partial charge >= 0.3 is 6.18 Å². The Morgan fingerprint density at radius 2 is 1.74 bits per heavy atom. The van der Waals surface area contributed by atoms with Gasteiger partial charge in [0, 0.05) is 23.4 Å². The normalized spacial score (nSPS) is 13.2. The number of hydrogen-bond donors (Lipinski definition) is 1. The molecule has 2 heterocycles. The quantitative estimate of drug-likeness (QED) is 0.374. The summed E-state index contributed by atoms with van der Waals surface area (Å²) in [5.74, 6) is 0.0444. The molecule has 0 saturated heterocycles. The fraction of sp³-hybridized carbons (Fsp3) is 0.200. The predicted octanol–water partition coefficient (Wildman–Crippen LogP) is 5.58. The Bertz CT molecular complexity index is 1310. The number of imidazole rings is 1. The van der Waals surface area contributed by atoms with E-state index < -0.39 is 28.5 Å². The molecule has 0 spiro atoms. The van der Waals surface area contributed by atoms with Crippen LogP contribution in [0.5, 0.6) is 0 Å². The smallest absolute Gasteiger partial charge is 0.417 e. The predicted molar refractivity (Wildman–Crippen MR) is 125 cm³/mol. The van der Waals surface area contributed by atoms with Gasteiger partial charge in [-0.15, -0.1) is 0 Å². The Kier molecular flexibility index (Phi) is 6.28. The van der Waals surface area contributed by atoms with Crippen LogP contribution in [-0.2, 0) is 23.0 Å². The highest BCUT2D eigenvalue weighted by Crippen LogP contribution is 2.38. The lowest BCUT2D eigenvalue weighted by Crippen LogP contribution is -2.15. The van der Waals surface area contributed by atoms with Crippen molar-refractivity contribution in [2.24, 2.45) is 0 Å². The van der Waals surface area contributed by atoms with E-state index in [-0.39, 0.29) is 17.1 Å². The summed E-state index contributed by atoms with van der Waals surface area (Å²) in [6.45, 7) is 3.04. The Morgan fingerprint density at radius 3 is 2.35 bits per heavy atom. The molecule has 0 fully saturated rings. The Morgan fingerprint density at radius 1 is 1.00 bits per heavy atom. The molecule has 1 unspecified atom stereocenters. The van der Waals surface area contributed by atoms with Gasteiger partial charge in [-0.2, -0.15) is 13.2 Å². The molecule has 4 rings (SSSR count). The second kappa shape index (κ2) is 8.90. The first-order valence-corrected chi connectivity index (χ1v) is 11.9. The SMILES string of the molecule is C[S+]([O-])c1cccc(-c2ccc(-n3cc(C(C)(C)O)nc3-c3ccccc3C(F)(F)F)cn2)c1. The molecule has 176 valence electrons.